The molecule has 4 nitrogen and oxygen atoms in total. The smallest absolute Gasteiger partial charge is 0.141 e. The van der Waals surface area contributed by atoms with E-state index in [0.717, 1.165) is 35.6 Å². The van der Waals surface area contributed by atoms with Gasteiger partial charge in [0, 0.05) is 17.8 Å². The topological polar surface area (TPSA) is 55.0 Å². The van der Waals surface area contributed by atoms with Gasteiger partial charge in [0.25, 0.3) is 0 Å². The minimum absolute atomic E-state index is 0.236. The molecule has 0 atom stereocenters. The molecule has 0 bridgehead atoms. The number of benzene rings is 1. The van der Waals surface area contributed by atoms with E-state index in [1.165, 1.54) is 12.4 Å². The van der Waals surface area contributed by atoms with E-state index < -0.39 is 0 Å². The second-order valence-electron chi connectivity index (χ2n) is 4.38. The highest BCUT2D eigenvalue weighted by Crippen LogP contribution is 2.35. The molecule has 92 valence electrons. The number of anilines is 3. The summed E-state index contributed by atoms with van der Waals surface area (Å²) in [6, 6.07) is 4.86. The van der Waals surface area contributed by atoms with Crippen LogP contribution in [0.3, 0.4) is 0 Å². The lowest BCUT2D eigenvalue weighted by Crippen LogP contribution is -2.17. The molecule has 0 fully saturated rings. The third-order valence-electron chi connectivity index (χ3n) is 3.30. The first-order valence-electron chi connectivity index (χ1n) is 5.80. The van der Waals surface area contributed by atoms with Crippen molar-refractivity contribution >= 4 is 17.3 Å². The molecule has 2 aromatic rings. The Labute approximate surface area is 104 Å². The van der Waals surface area contributed by atoms with Crippen molar-refractivity contribution in [2.24, 2.45) is 0 Å². The van der Waals surface area contributed by atoms with Crippen molar-refractivity contribution in [1.29, 1.82) is 0 Å². The van der Waals surface area contributed by atoms with Gasteiger partial charge in [-0.05, 0) is 31.0 Å². The minimum atomic E-state index is -0.236. The molecule has 0 saturated carbocycles. The maximum absolute atomic E-state index is 13.3. The van der Waals surface area contributed by atoms with Crippen LogP contribution >= 0.6 is 0 Å². The summed E-state index contributed by atoms with van der Waals surface area (Å²) in [4.78, 5) is 10.2. The number of hydrogen-bond donors (Lipinski definition) is 1. The zero-order chi connectivity index (χ0) is 12.7. The van der Waals surface area contributed by atoms with E-state index in [2.05, 4.69) is 9.97 Å². The van der Waals surface area contributed by atoms with Gasteiger partial charge in [0.15, 0.2) is 0 Å². The average molecular weight is 244 g/mol. The number of rotatable bonds is 1. The Hall–Kier alpha value is -2.17. The first-order valence-corrected chi connectivity index (χ1v) is 5.80. The summed E-state index contributed by atoms with van der Waals surface area (Å²) in [7, 11) is 0. The zero-order valence-electron chi connectivity index (χ0n) is 10.0. The molecule has 1 aromatic heterocycles. The molecule has 1 aliphatic rings. The second kappa shape index (κ2) is 3.94. The molecule has 3 rings (SSSR count). The van der Waals surface area contributed by atoms with Crippen LogP contribution < -0.4 is 10.6 Å². The molecule has 0 saturated heterocycles. The van der Waals surface area contributed by atoms with E-state index in [1.54, 1.807) is 6.07 Å². The van der Waals surface area contributed by atoms with Gasteiger partial charge in [0.1, 0.15) is 23.8 Å². The standard InChI is InChI=1S/C13H13FN4/c1-8-12(15)16-7-17-13(8)18-5-4-9-2-3-10(14)6-11(9)18/h2-3,6-7H,4-5H2,1H3,(H2,15,16,17). The summed E-state index contributed by atoms with van der Waals surface area (Å²) in [5.41, 5.74) is 8.62. The Morgan fingerprint density at radius 1 is 1.33 bits per heavy atom. The van der Waals surface area contributed by atoms with Crippen LogP contribution in [0.15, 0.2) is 24.5 Å². The molecule has 0 aliphatic carbocycles. The molecule has 5 heteroatoms. The van der Waals surface area contributed by atoms with Gasteiger partial charge in [0.2, 0.25) is 0 Å². The number of hydrogen-bond acceptors (Lipinski definition) is 4. The fourth-order valence-electron chi connectivity index (χ4n) is 2.30. The summed E-state index contributed by atoms with van der Waals surface area (Å²) < 4.78 is 13.3. The molecule has 2 heterocycles. The van der Waals surface area contributed by atoms with Crippen LogP contribution in [0, 0.1) is 12.7 Å². The van der Waals surface area contributed by atoms with Crippen molar-refractivity contribution in [3.63, 3.8) is 0 Å². The quantitative estimate of drug-likeness (QED) is 0.835. The lowest BCUT2D eigenvalue weighted by molar-refractivity contribution is 0.628. The number of halogens is 1. The van der Waals surface area contributed by atoms with Gasteiger partial charge in [-0.1, -0.05) is 6.07 Å². The summed E-state index contributed by atoms with van der Waals surface area (Å²) in [6.07, 6.45) is 2.33. The minimum Gasteiger partial charge on any atom is -0.383 e. The van der Waals surface area contributed by atoms with Crippen molar-refractivity contribution in [2.75, 3.05) is 17.2 Å². The number of nitrogen functional groups attached to an aromatic ring is 1. The molecule has 18 heavy (non-hydrogen) atoms. The highest BCUT2D eigenvalue weighted by molar-refractivity contribution is 5.71. The van der Waals surface area contributed by atoms with E-state index in [4.69, 9.17) is 5.73 Å². The highest BCUT2D eigenvalue weighted by atomic mass is 19.1. The van der Waals surface area contributed by atoms with Crippen LogP contribution in [0.2, 0.25) is 0 Å². The maximum Gasteiger partial charge on any atom is 0.141 e. The molecule has 1 aliphatic heterocycles. The van der Waals surface area contributed by atoms with Crippen molar-refractivity contribution in [3.05, 3.63) is 41.5 Å². The van der Waals surface area contributed by atoms with Gasteiger partial charge in [-0.3, -0.25) is 0 Å². The van der Waals surface area contributed by atoms with E-state index in [9.17, 15) is 4.39 Å². The largest absolute Gasteiger partial charge is 0.383 e. The summed E-state index contributed by atoms with van der Waals surface area (Å²) in [5.74, 6) is 0.983. The Balaban J connectivity index is 2.11. The predicted octanol–water partition coefficient (Wildman–Crippen LogP) is 2.20. The Bertz CT molecular complexity index is 612. The number of nitrogens with zero attached hydrogens (tertiary/aromatic N) is 3. The van der Waals surface area contributed by atoms with E-state index in [1.807, 2.05) is 17.9 Å². The summed E-state index contributed by atoms with van der Waals surface area (Å²) >= 11 is 0. The fraction of sp³-hybridized carbons (Fsp3) is 0.231. The molecule has 0 spiro atoms. The van der Waals surface area contributed by atoms with Crippen molar-refractivity contribution < 1.29 is 4.39 Å². The Morgan fingerprint density at radius 3 is 3.00 bits per heavy atom. The van der Waals surface area contributed by atoms with Crippen molar-refractivity contribution in [3.8, 4) is 0 Å². The highest BCUT2D eigenvalue weighted by Gasteiger charge is 2.23. The monoisotopic (exact) mass is 244 g/mol. The molecule has 0 radical (unpaired) electrons. The number of aromatic nitrogens is 2. The SMILES string of the molecule is Cc1c(N)ncnc1N1CCc2ccc(F)cc21. The van der Waals surface area contributed by atoms with Crippen LogP contribution in [-0.4, -0.2) is 16.5 Å². The van der Waals surface area contributed by atoms with Gasteiger partial charge in [-0.15, -0.1) is 0 Å². The first kappa shape index (κ1) is 11.0. The zero-order valence-corrected chi connectivity index (χ0v) is 10.0. The van der Waals surface area contributed by atoms with Gasteiger partial charge < -0.3 is 10.6 Å². The van der Waals surface area contributed by atoms with Crippen LogP contribution in [0.1, 0.15) is 11.1 Å². The maximum atomic E-state index is 13.3. The normalized spacial score (nSPS) is 13.8. The third-order valence-corrected chi connectivity index (χ3v) is 3.30. The molecule has 0 unspecified atom stereocenters. The van der Waals surface area contributed by atoms with Crippen LogP contribution in [0.5, 0.6) is 0 Å². The van der Waals surface area contributed by atoms with Crippen LogP contribution in [-0.2, 0) is 6.42 Å². The Kier molecular flexibility index (Phi) is 2.40. The molecule has 0 amide bonds. The van der Waals surface area contributed by atoms with Gasteiger partial charge in [-0.2, -0.15) is 0 Å². The number of nitrogens with two attached hydrogens (primary N) is 1. The van der Waals surface area contributed by atoms with Gasteiger partial charge in [-0.25, -0.2) is 14.4 Å². The van der Waals surface area contributed by atoms with Gasteiger partial charge >= 0.3 is 0 Å². The van der Waals surface area contributed by atoms with E-state index in [-0.39, 0.29) is 5.82 Å². The van der Waals surface area contributed by atoms with Crippen molar-refractivity contribution in [1.82, 2.24) is 9.97 Å². The molecular formula is C13H13FN4. The van der Waals surface area contributed by atoms with Crippen LogP contribution in [0.4, 0.5) is 21.7 Å². The molecular weight excluding hydrogens is 231 g/mol. The average Bonchev–Trinajstić information content (AvgIpc) is 2.75. The van der Waals surface area contributed by atoms with Crippen LogP contribution in [0.25, 0.3) is 0 Å². The summed E-state index contributed by atoms with van der Waals surface area (Å²) in [6.45, 7) is 2.66. The first-order chi connectivity index (χ1) is 8.66. The van der Waals surface area contributed by atoms with E-state index in [0.29, 0.717) is 5.82 Å². The van der Waals surface area contributed by atoms with E-state index >= 15 is 0 Å². The predicted molar refractivity (Wildman–Crippen MR) is 68.3 cm³/mol. The van der Waals surface area contributed by atoms with Gasteiger partial charge in [0.05, 0.1) is 0 Å². The fourth-order valence-corrected chi connectivity index (χ4v) is 2.30. The second-order valence-corrected chi connectivity index (χ2v) is 4.38. The molecule has 2 N–H and O–H groups in total. The lowest BCUT2D eigenvalue weighted by Gasteiger charge is -2.20. The Morgan fingerprint density at radius 2 is 2.17 bits per heavy atom. The lowest BCUT2D eigenvalue weighted by atomic mass is 10.1. The molecule has 1 aromatic carbocycles. The van der Waals surface area contributed by atoms with Crippen molar-refractivity contribution in [2.45, 2.75) is 13.3 Å². The third kappa shape index (κ3) is 1.59. The summed E-state index contributed by atoms with van der Waals surface area (Å²) in [5, 5.41) is 0. The number of fused-ring (bicyclic) bond motifs is 1.